The lowest BCUT2D eigenvalue weighted by Gasteiger charge is -2.47. The second kappa shape index (κ2) is 5.60. The van der Waals surface area contributed by atoms with Crippen molar-refractivity contribution in [2.24, 2.45) is 11.3 Å². The van der Waals surface area contributed by atoms with Crippen molar-refractivity contribution < 1.29 is 0 Å². The lowest BCUT2D eigenvalue weighted by molar-refractivity contribution is 0.162. The maximum Gasteiger partial charge on any atom is 0.160 e. The quantitative estimate of drug-likeness (QED) is 0.540. The number of hydrogen-bond acceptors (Lipinski definition) is 2. The molecule has 0 amide bonds. The van der Waals surface area contributed by atoms with Crippen LogP contribution in [0.2, 0.25) is 0 Å². The van der Waals surface area contributed by atoms with Gasteiger partial charge in [-0.05, 0) is 72.8 Å². The van der Waals surface area contributed by atoms with Gasteiger partial charge in [-0.25, -0.2) is 0 Å². The number of aromatic nitrogens is 1. The molecule has 25 heavy (non-hydrogen) atoms. The number of fused-ring (bicyclic) bond motifs is 6. The van der Waals surface area contributed by atoms with E-state index in [9.17, 15) is 0 Å². The van der Waals surface area contributed by atoms with Crippen LogP contribution >= 0.6 is 23.5 Å². The molecule has 0 bridgehead atoms. The second-order valence-corrected chi connectivity index (χ2v) is 10.4. The molecule has 2 heterocycles. The molecule has 2 atom stereocenters. The molecule has 2 aromatic rings. The molecule has 0 radical (unpaired) electrons. The van der Waals surface area contributed by atoms with Gasteiger partial charge in [0.25, 0.3) is 0 Å². The number of hydrogen-bond donors (Lipinski definition) is 0. The zero-order valence-corrected chi connectivity index (χ0v) is 17.1. The Morgan fingerprint density at radius 1 is 1.08 bits per heavy atom. The Kier molecular flexibility index (Phi) is 3.67. The van der Waals surface area contributed by atoms with E-state index in [1.807, 2.05) is 23.5 Å². The van der Waals surface area contributed by atoms with Crippen LogP contribution in [0.15, 0.2) is 35.9 Å². The summed E-state index contributed by atoms with van der Waals surface area (Å²) in [7, 11) is 0. The Bertz CT molecular complexity index is 873. The van der Waals surface area contributed by atoms with Crippen molar-refractivity contribution >= 4 is 40.0 Å². The van der Waals surface area contributed by atoms with E-state index in [0.29, 0.717) is 5.41 Å². The zero-order valence-electron chi connectivity index (χ0n) is 15.5. The van der Waals surface area contributed by atoms with Crippen molar-refractivity contribution in [2.75, 3.05) is 12.5 Å². The molecule has 0 spiro atoms. The summed E-state index contributed by atoms with van der Waals surface area (Å²) >= 11 is 4.07. The lowest BCUT2D eigenvalue weighted by atomic mass is 9.58. The van der Waals surface area contributed by atoms with Crippen molar-refractivity contribution in [3.63, 3.8) is 0 Å². The van der Waals surface area contributed by atoms with E-state index < -0.39 is 0 Å². The third kappa shape index (κ3) is 1.95. The molecule has 1 nitrogen and oxygen atoms in total. The van der Waals surface area contributed by atoms with Gasteiger partial charge in [-0.3, -0.25) is 0 Å². The molecule has 1 aromatic heterocycles. The predicted octanol–water partition coefficient (Wildman–Crippen LogP) is 6.74. The summed E-state index contributed by atoms with van der Waals surface area (Å²) in [6.45, 7) is 2.59. The highest BCUT2D eigenvalue weighted by molar-refractivity contribution is 8.16. The van der Waals surface area contributed by atoms with Crippen LogP contribution in [-0.2, 0) is 4.20 Å². The maximum absolute atomic E-state index is 2.69. The van der Waals surface area contributed by atoms with Crippen LogP contribution in [0.1, 0.15) is 51.1 Å². The molecule has 1 aliphatic heterocycles. The predicted molar refractivity (Wildman–Crippen MR) is 113 cm³/mol. The van der Waals surface area contributed by atoms with Gasteiger partial charge in [0.1, 0.15) is 0 Å². The molecule has 0 N–H and O–H groups in total. The third-order valence-corrected chi connectivity index (χ3v) is 10.2. The van der Waals surface area contributed by atoms with Crippen LogP contribution in [-0.4, -0.2) is 17.1 Å². The number of para-hydroxylation sites is 1. The summed E-state index contributed by atoms with van der Waals surface area (Å²) in [4.78, 5) is 0. The van der Waals surface area contributed by atoms with Crippen LogP contribution in [0, 0.1) is 11.3 Å². The number of benzene rings is 1. The van der Waals surface area contributed by atoms with E-state index in [-0.39, 0.29) is 4.20 Å². The first-order valence-electron chi connectivity index (χ1n) is 9.61. The highest BCUT2D eigenvalue weighted by Gasteiger charge is 2.54. The van der Waals surface area contributed by atoms with E-state index in [4.69, 9.17) is 0 Å². The van der Waals surface area contributed by atoms with Crippen molar-refractivity contribution in [3.8, 4) is 0 Å². The van der Waals surface area contributed by atoms with Crippen LogP contribution < -0.4 is 0 Å². The van der Waals surface area contributed by atoms with Crippen LogP contribution in [0.25, 0.3) is 16.5 Å². The first-order valence-corrected chi connectivity index (χ1v) is 12.1. The normalized spacial score (nSPS) is 30.3. The Hall–Kier alpha value is -0.800. The van der Waals surface area contributed by atoms with Crippen LogP contribution in [0.4, 0.5) is 0 Å². The average molecular weight is 370 g/mol. The second-order valence-electron chi connectivity index (χ2n) is 8.17. The van der Waals surface area contributed by atoms with Gasteiger partial charge in [-0.15, -0.1) is 23.5 Å². The van der Waals surface area contributed by atoms with Gasteiger partial charge in [0.2, 0.25) is 0 Å². The largest absolute Gasteiger partial charge is 0.313 e. The van der Waals surface area contributed by atoms with E-state index in [0.717, 1.165) is 5.92 Å². The summed E-state index contributed by atoms with van der Waals surface area (Å²) in [5, 5.41) is 1.40. The van der Waals surface area contributed by atoms with E-state index in [1.165, 1.54) is 55.1 Å². The monoisotopic (exact) mass is 369 g/mol. The molecule has 1 aromatic carbocycles. The molecule has 1 saturated carbocycles. The fourth-order valence-electron chi connectivity index (χ4n) is 6.05. The molecule has 2 aliphatic carbocycles. The van der Waals surface area contributed by atoms with Crippen molar-refractivity contribution in [3.05, 3.63) is 41.6 Å². The summed E-state index contributed by atoms with van der Waals surface area (Å²) < 4.78 is 2.74. The highest BCUT2D eigenvalue weighted by atomic mass is 32.2. The van der Waals surface area contributed by atoms with Gasteiger partial charge < -0.3 is 4.57 Å². The summed E-state index contributed by atoms with van der Waals surface area (Å²) in [5.74, 6) is 0.881. The standard InChI is InChI=1S/C22H27NS2/c1-21-13-7-6-9-16(21)11-12-17-20(21)19-14-15-8-4-5-10-18(15)23(19)22(17,24-2)25-3/h4-5,8,10,14,16H,6-7,9,11-13H2,1-3H3/t16-,21+/m1/s1. The Balaban J connectivity index is 1.84. The fraction of sp³-hybridized carbons (Fsp3) is 0.545. The number of rotatable bonds is 2. The molecule has 5 rings (SSSR count). The molecule has 132 valence electrons. The average Bonchev–Trinajstić information content (AvgIpc) is 3.14. The number of allylic oxidation sites excluding steroid dienone is 1. The molecule has 0 unspecified atom stereocenters. The van der Waals surface area contributed by atoms with Gasteiger partial charge in [-0.1, -0.05) is 38.0 Å². The van der Waals surface area contributed by atoms with Crippen molar-refractivity contribution in [1.82, 2.24) is 4.57 Å². The first kappa shape index (κ1) is 16.4. The van der Waals surface area contributed by atoms with Crippen LogP contribution in [0.5, 0.6) is 0 Å². The van der Waals surface area contributed by atoms with Gasteiger partial charge >= 0.3 is 0 Å². The van der Waals surface area contributed by atoms with E-state index in [2.05, 4.69) is 54.3 Å². The minimum Gasteiger partial charge on any atom is -0.313 e. The highest BCUT2D eigenvalue weighted by Crippen LogP contribution is 2.66. The zero-order chi connectivity index (χ0) is 17.2. The van der Waals surface area contributed by atoms with E-state index in [1.54, 1.807) is 11.1 Å². The number of nitrogens with zero attached hydrogens (tertiary/aromatic N) is 1. The van der Waals surface area contributed by atoms with Gasteiger partial charge in [0, 0.05) is 11.1 Å². The lowest BCUT2D eigenvalue weighted by Crippen LogP contribution is -2.36. The van der Waals surface area contributed by atoms with Gasteiger partial charge in [0.15, 0.2) is 4.20 Å². The molecular formula is C22H27NS2. The Labute approximate surface area is 159 Å². The molecule has 0 saturated heterocycles. The maximum atomic E-state index is 2.69. The Morgan fingerprint density at radius 2 is 1.88 bits per heavy atom. The minimum atomic E-state index is 0.0548. The molecular weight excluding hydrogens is 342 g/mol. The van der Waals surface area contributed by atoms with Gasteiger partial charge in [-0.2, -0.15) is 0 Å². The summed E-state index contributed by atoms with van der Waals surface area (Å²) in [6, 6.07) is 11.5. The SMILES string of the molecule is CSC1(SC)C2=C(c3cc4ccccc4n31)[C@@]1(C)CCCC[C@@H]1CC2. The van der Waals surface area contributed by atoms with Crippen molar-refractivity contribution in [2.45, 2.75) is 49.7 Å². The number of thioether (sulfide) groups is 2. The summed E-state index contributed by atoms with van der Waals surface area (Å²) in [5.41, 5.74) is 6.77. The first-order chi connectivity index (χ1) is 12.2. The minimum absolute atomic E-state index is 0.0548. The molecule has 3 heteroatoms. The molecule has 1 fully saturated rings. The molecule has 3 aliphatic rings. The van der Waals surface area contributed by atoms with Crippen molar-refractivity contribution in [1.29, 1.82) is 0 Å². The van der Waals surface area contributed by atoms with E-state index >= 15 is 0 Å². The fourth-order valence-corrected chi connectivity index (χ4v) is 8.38. The Morgan fingerprint density at radius 3 is 2.68 bits per heavy atom. The topological polar surface area (TPSA) is 4.93 Å². The summed E-state index contributed by atoms with van der Waals surface area (Å²) in [6.07, 6.45) is 12.9. The van der Waals surface area contributed by atoms with Crippen LogP contribution in [0.3, 0.4) is 0 Å². The third-order valence-electron chi connectivity index (χ3n) is 7.21. The smallest absolute Gasteiger partial charge is 0.160 e. The van der Waals surface area contributed by atoms with Gasteiger partial charge in [0.05, 0.1) is 5.52 Å².